The summed E-state index contributed by atoms with van der Waals surface area (Å²) in [5.41, 5.74) is 6.16. The molecule has 9 heteroatoms. The molecule has 1 saturated heterocycles. The molecule has 3 heterocycles. The zero-order valence-corrected chi connectivity index (χ0v) is 26.2. The van der Waals surface area contributed by atoms with Crippen LogP contribution in [0.15, 0.2) is 53.6 Å². The number of aryl methyl sites for hydroxylation is 3. The zero-order chi connectivity index (χ0) is 29.4. The Kier molecular flexibility index (Phi) is 8.51. The molecule has 7 nitrogen and oxygen atoms in total. The maximum Gasteiger partial charge on any atom is 0.244 e. The first-order chi connectivity index (χ1) is 20.2. The second-order valence-corrected chi connectivity index (χ2v) is 14.5. The average molecular weight is 609 g/mol. The summed E-state index contributed by atoms with van der Waals surface area (Å²) in [6.45, 7) is 7.80. The van der Waals surface area contributed by atoms with Crippen molar-refractivity contribution in [1.29, 1.82) is 0 Å². The molecule has 0 bridgehead atoms. The number of nitrogens with zero attached hydrogens (tertiary/aromatic N) is 3. The van der Waals surface area contributed by atoms with E-state index >= 15 is 0 Å². The van der Waals surface area contributed by atoms with E-state index in [2.05, 4.69) is 33.0 Å². The Hall–Kier alpha value is -2.65. The Morgan fingerprint density at radius 1 is 0.976 bits per heavy atom. The molecular weight excluding hydrogens is 568 g/mol. The van der Waals surface area contributed by atoms with Gasteiger partial charge in [0.15, 0.2) is 0 Å². The summed E-state index contributed by atoms with van der Waals surface area (Å²) in [4.78, 5) is 16.4. The molecule has 2 aliphatic heterocycles. The monoisotopic (exact) mass is 608 g/mol. The van der Waals surface area contributed by atoms with E-state index in [-0.39, 0.29) is 23.3 Å². The van der Waals surface area contributed by atoms with Crippen molar-refractivity contribution in [1.82, 2.24) is 19.1 Å². The maximum atomic E-state index is 14.1. The largest absolute Gasteiger partial charge is 0.353 e. The summed E-state index contributed by atoms with van der Waals surface area (Å²) in [5.74, 6) is -0.116. The van der Waals surface area contributed by atoms with E-state index < -0.39 is 16.1 Å². The van der Waals surface area contributed by atoms with Gasteiger partial charge in [0.25, 0.3) is 0 Å². The second-order valence-electron chi connectivity index (χ2n) is 12.3. The maximum absolute atomic E-state index is 14.1. The standard InChI is InChI=1S/C33H41ClN4O3S/c1-23-17-28(34)18-24(2)33(23)42(40,41)38-16-15-37-14-6-7-30(37)31(38)21-32(39)35-29-11-10-26-19-25(8-9-27(26)20-29)22-36-12-4-3-5-13-36/h6-9,14,17-19,29,31H,3-5,10-13,15-16,20-22H2,1-2H3,(H,35,39). The van der Waals surface area contributed by atoms with Crippen LogP contribution in [0.25, 0.3) is 0 Å². The van der Waals surface area contributed by atoms with Crippen molar-refractivity contribution in [3.8, 4) is 0 Å². The van der Waals surface area contributed by atoms with Gasteiger partial charge >= 0.3 is 0 Å². The molecule has 2 unspecified atom stereocenters. The van der Waals surface area contributed by atoms with Gasteiger partial charge in [-0.05, 0) is 111 Å². The van der Waals surface area contributed by atoms with Crippen LogP contribution < -0.4 is 5.32 Å². The number of sulfonamides is 1. The van der Waals surface area contributed by atoms with E-state index in [9.17, 15) is 13.2 Å². The fourth-order valence-corrected chi connectivity index (χ4v) is 9.56. The third-order valence-electron chi connectivity index (χ3n) is 9.20. The predicted octanol–water partition coefficient (Wildman–Crippen LogP) is 5.55. The number of hydrogen-bond acceptors (Lipinski definition) is 4. The SMILES string of the molecule is Cc1cc(Cl)cc(C)c1S(=O)(=O)N1CCn2cccc2C1CC(=O)NC1CCc2cc(CN3CCCCC3)ccc2C1. The van der Waals surface area contributed by atoms with Gasteiger partial charge in [-0.3, -0.25) is 9.69 Å². The first-order valence-corrected chi connectivity index (χ1v) is 17.1. The number of amides is 1. The highest BCUT2D eigenvalue weighted by Gasteiger charge is 2.39. The van der Waals surface area contributed by atoms with Crippen LogP contribution in [0.3, 0.4) is 0 Å². The Morgan fingerprint density at radius 2 is 1.74 bits per heavy atom. The first kappa shape index (κ1) is 29.4. The van der Waals surface area contributed by atoms with Gasteiger partial charge in [0, 0.05) is 49.0 Å². The van der Waals surface area contributed by atoms with Gasteiger partial charge in [0.2, 0.25) is 15.9 Å². The number of hydrogen-bond donors (Lipinski definition) is 1. The van der Waals surface area contributed by atoms with Crippen molar-refractivity contribution in [3.05, 3.63) is 87.2 Å². The van der Waals surface area contributed by atoms with Gasteiger partial charge in [0.1, 0.15) is 0 Å². The van der Waals surface area contributed by atoms with Gasteiger partial charge in [-0.25, -0.2) is 8.42 Å². The Morgan fingerprint density at radius 3 is 2.50 bits per heavy atom. The van der Waals surface area contributed by atoms with E-state index in [1.165, 1.54) is 53.3 Å². The van der Waals surface area contributed by atoms with Crippen LogP contribution in [0.5, 0.6) is 0 Å². The number of piperidine rings is 1. The lowest BCUT2D eigenvalue weighted by Crippen LogP contribution is -2.45. The molecule has 1 amide bonds. The minimum atomic E-state index is -3.87. The molecule has 42 heavy (non-hydrogen) atoms. The fraction of sp³-hybridized carbons (Fsp3) is 0.485. The van der Waals surface area contributed by atoms with Gasteiger partial charge in [-0.2, -0.15) is 4.31 Å². The van der Waals surface area contributed by atoms with Crippen LogP contribution in [0.1, 0.15) is 71.7 Å². The number of nitrogens with one attached hydrogen (secondary N) is 1. The normalized spacial score (nSPS) is 21.5. The van der Waals surface area contributed by atoms with Crippen molar-refractivity contribution in [2.45, 2.75) is 88.9 Å². The van der Waals surface area contributed by atoms with Crippen LogP contribution in [0.4, 0.5) is 0 Å². The smallest absolute Gasteiger partial charge is 0.244 e. The fourth-order valence-electron chi connectivity index (χ4n) is 7.23. The first-order valence-electron chi connectivity index (χ1n) is 15.2. The van der Waals surface area contributed by atoms with Crippen LogP contribution in [-0.4, -0.2) is 53.8 Å². The highest BCUT2D eigenvalue weighted by molar-refractivity contribution is 7.89. The quantitative estimate of drug-likeness (QED) is 0.381. The predicted molar refractivity (Wildman–Crippen MR) is 166 cm³/mol. The lowest BCUT2D eigenvalue weighted by Gasteiger charge is -2.36. The minimum Gasteiger partial charge on any atom is -0.353 e. The van der Waals surface area contributed by atoms with Gasteiger partial charge < -0.3 is 9.88 Å². The van der Waals surface area contributed by atoms with Gasteiger partial charge in [0.05, 0.1) is 10.9 Å². The molecule has 3 aromatic rings. The van der Waals surface area contributed by atoms with E-state index in [1.54, 1.807) is 26.0 Å². The number of rotatable bonds is 7. The molecule has 0 spiro atoms. The molecule has 1 fully saturated rings. The number of benzene rings is 2. The van der Waals surface area contributed by atoms with Crippen molar-refractivity contribution in [2.24, 2.45) is 0 Å². The highest BCUT2D eigenvalue weighted by Crippen LogP contribution is 2.37. The van der Waals surface area contributed by atoms with Crippen molar-refractivity contribution < 1.29 is 13.2 Å². The lowest BCUT2D eigenvalue weighted by molar-refractivity contribution is -0.123. The number of fused-ring (bicyclic) bond motifs is 2. The van der Waals surface area contributed by atoms with Crippen molar-refractivity contribution in [3.63, 3.8) is 0 Å². The highest BCUT2D eigenvalue weighted by atomic mass is 35.5. The van der Waals surface area contributed by atoms with Gasteiger partial charge in [-0.1, -0.05) is 36.2 Å². The Labute approximate surface area is 254 Å². The summed E-state index contributed by atoms with van der Waals surface area (Å²) in [7, 11) is -3.87. The number of carbonyl (C=O) groups is 1. The van der Waals surface area contributed by atoms with Crippen LogP contribution in [0.2, 0.25) is 5.02 Å². The minimum absolute atomic E-state index is 0.0409. The molecule has 6 rings (SSSR count). The molecule has 2 atom stereocenters. The van der Waals surface area contributed by atoms with Crippen LogP contribution in [-0.2, 0) is 40.7 Å². The molecule has 2 aromatic carbocycles. The topological polar surface area (TPSA) is 74.6 Å². The summed E-state index contributed by atoms with van der Waals surface area (Å²) in [6, 6.07) is 13.5. The number of likely N-dealkylation sites (tertiary alicyclic amines) is 1. The molecule has 1 N–H and O–H groups in total. The third-order valence-corrected chi connectivity index (χ3v) is 11.6. The molecule has 0 radical (unpaired) electrons. The summed E-state index contributed by atoms with van der Waals surface area (Å²) in [5, 5.41) is 3.77. The molecule has 1 aliphatic carbocycles. The summed E-state index contributed by atoms with van der Waals surface area (Å²) >= 11 is 6.21. The average Bonchev–Trinajstić information content (AvgIpc) is 3.43. The van der Waals surface area contributed by atoms with E-state index in [0.29, 0.717) is 29.2 Å². The number of halogens is 1. The second kappa shape index (κ2) is 12.2. The molecule has 1 aromatic heterocycles. The number of carbonyl (C=O) groups excluding carboxylic acids is 1. The zero-order valence-electron chi connectivity index (χ0n) is 24.6. The van der Waals surface area contributed by atoms with Crippen LogP contribution in [0, 0.1) is 13.8 Å². The van der Waals surface area contributed by atoms with Crippen molar-refractivity contribution >= 4 is 27.5 Å². The number of aromatic nitrogens is 1. The van der Waals surface area contributed by atoms with Gasteiger partial charge in [-0.15, -0.1) is 0 Å². The lowest BCUT2D eigenvalue weighted by atomic mass is 9.87. The molecule has 224 valence electrons. The molecule has 3 aliphatic rings. The molecule has 0 saturated carbocycles. The Balaban J connectivity index is 1.16. The van der Waals surface area contributed by atoms with E-state index in [0.717, 1.165) is 31.5 Å². The third kappa shape index (κ3) is 6.05. The van der Waals surface area contributed by atoms with Crippen molar-refractivity contribution in [2.75, 3.05) is 19.6 Å². The van der Waals surface area contributed by atoms with E-state index in [1.807, 2.05) is 18.3 Å². The van der Waals surface area contributed by atoms with Crippen LogP contribution >= 0.6 is 11.6 Å². The summed E-state index contributed by atoms with van der Waals surface area (Å²) in [6.07, 6.45) is 8.60. The van der Waals surface area contributed by atoms with E-state index in [4.69, 9.17) is 11.6 Å². The summed E-state index contributed by atoms with van der Waals surface area (Å²) < 4.78 is 31.7. The Bertz CT molecular complexity index is 1550. The molecular formula is C33H41ClN4O3S.